The molecule has 0 rings (SSSR count). The summed E-state index contributed by atoms with van der Waals surface area (Å²) in [5.74, 6) is -0.577. The smallest absolute Gasteiger partial charge is 0.408 e. The van der Waals surface area contributed by atoms with Crippen LogP contribution >= 0.6 is 0 Å². The Balaban J connectivity index is 3.76. The van der Waals surface area contributed by atoms with Crippen LogP contribution in [-0.4, -0.2) is 36.5 Å². The van der Waals surface area contributed by atoms with Gasteiger partial charge in [-0.2, -0.15) is 0 Å². The second-order valence-electron chi connectivity index (χ2n) is 4.16. The van der Waals surface area contributed by atoms with Gasteiger partial charge in [0.05, 0.1) is 6.54 Å². The Morgan fingerprint density at radius 1 is 1.25 bits per heavy atom. The first-order valence-electron chi connectivity index (χ1n) is 4.77. The van der Waals surface area contributed by atoms with Crippen LogP contribution in [0.2, 0.25) is 0 Å². The second-order valence-corrected chi connectivity index (χ2v) is 4.16. The molecule has 0 saturated heterocycles. The molecular weight excluding hydrogens is 212 g/mol. The molecule has 0 bridgehead atoms. The fourth-order valence-electron chi connectivity index (χ4n) is 0.723. The van der Waals surface area contributed by atoms with Gasteiger partial charge in [-0.05, 0) is 20.8 Å². The Kier molecular flexibility index (Phi) is 5.27. The zero-order valence-corrected chi connectivity index (χ0v) is 9.72. The van der Waals surface area contributed by atoms with Crippen LogP contribution in [0.4, 0.5) is 4.79 Å². The molecule has 0 atom stereocenters. The number of carbonyl (C=O) groups is 2. The maximum absolute atomic E-state index is 11.1. The lowest BCUT2D eigenvalue weighted by molar-refractivity contribution is -0.120. The van der Waals surface area contributed by atoms with Crippen molar-refractivity contribution in [2.24, 2.45) is 5.73 Å². The van der Waals surface area contributed by atoms with Gasteiger partial charge in [0, 0.05) is 0 Å². The van der Waals surface area contributed by atoms with Crippen LogP contribution in [0.3, 0.4) is 0 Å². The van der Waals surface area contributed by atoms with E-state index in [0.717, 1.165) is 0 Å². The van der Waals surface area contributed by atoms with Crippen LogP contribution in [0.25, 0.3) is 0 Å². The van der Waals surface area contributed by atoms with Crippen molar-refractivity contribution in [1.29, 1.82) is 5.41 Å². The number of carbonyl (C=O) groups excluding carboxylic acids is 2. The minimum Gasteiger partial charge on any atom is -0.444 e. The van der Waals surface area contributed by atoms with E-state index in [9.17, 15) is 9.59 Å². The average molecular weight is 230 g/mol. The van der Waals surface area contributed by atoms with Crippen LogP contribution in [-0.2, 0) is 9.53 Å². The molecule has 0 aromatic rings. The minimum absolute atomic E-state index is 0.0329. The zero-order chi connectivity index (χ0) is 12.8. The molecule has 0 aliphatic carbocycles. The molecule has 0 unspecified atom stereocenters. The van der Waals surface area contributed by atoms with Gasteiger partial charge in [-0.3, -0.25) is 10.2 Å². The highest BCUT2D eigenvalue weighted by Gasteiger charge is 2.16. The number of alkyl carbamates (subject to hydrolysis) is 1. The first-order valence-corrected chi connectivity index (χ1v) is 4.77. The van der Waals surface area contributed by atoms with Crippen molar-refractivity contribution >= 4 is 17.8 Å². The van der Waals surface area contributed by atoms with Gasteiger partial charge in [-0.15, -0.1) is 0 Å². The number of amides is 2. The van der Waals surface area contributed by atoms with Crippen molar-refractivity contribution in [3.63, 3.8) is 0 Å². The van der Waals surface area contributed by atoms with E-state index in [2.05, 4.69) is 10.6 Å². The monoisotopic (exact) mass is 230 g/mol. The summed E-state index contributed by atoms with van der Waals surface area (Å²) < 4.78 is 4.92. The van der Waals surface area contributed by atoms with E-state index in [1.165, 1.54) is 0 Å². The summed E-state index contributed by atoms with van der Waals surface area (Å²) in [5.41, 5.74) is 4.44. The summed E-state index contributed by atoms with van der Waals surface area (Å²) in [6, 6.07) is 0. The van der Waals surface area contributed by atoms with Crippen LogP contribution in [0.15, 0.2) is 0 Å². The Morgan fingerprint density at radius 2 is 1.81 bits per heavy atom. The van der Waals surface area contributed by atoms with Crippen molar-refractivity contribution in [2.45, 2.75) is 26.4 Å². The third-order valence-electron chi connectivity index (χ3n) is 1.27. The van der Waals surface area contributed by atoms with E-state index < -0.39 is 17.6 Å². The number of nitrogens with two attached hydrogens (primary N) is 1. The minimum atomic E-state index is -0.662. The van der Waals surface area contributed by atoms with E-state index in [4.69, 9.17) is 15.9 Å². The molecule has 0 radical (unpaired) electrons. The number of amidine groups is 1. The highest BCUT2D eigenvalue weighted by atomic mass is 16.6. The van der Waals surface area contributed by atoms with Gasteiger partial charge in [-0.1, -0.05) is 0 Å². The molecule has 16 heavy (non-hydrogen) atoms. The molecule has 7 nitrogen and oxygen atoms in total. The summed E-state index contributed by atoms with van der Waals surface area (Å²) in [6.07, 6.45) is -0.662. The third-order valence-corrected chi connectivity index (χ3v) is 1.27. The van der Waals surface area contributed by atoms with Gasteiger partial charge in [0.15, 0.2) is 0 Å². The molecular formula is C9H18N4O3. The quantitative estimate of drug-likeness (QED) is 0.387. The lowest BCUT2D eigenvalue weighted by atomic mass is 10.2. The predicted molar refractivity (Wildman–Crippen MR) is 59.2 cm³/mol. The molecule has 5 N–H and O–H groups in total. The van der Waals surface area contributed by atoms with Crippen LogP contribution in [0, 0.1) is 5.41 Å². The van der Waals surface area contributed by atoms with Gasteiger partial charge in [-0.25, -0.2) is 4.79 Å². The molecule has 0 aliphatic rings. The van der Waals surface area contributed by atoms with Crippen molar-refractivity contribution in [3.8, 4) is 0 Å². The van der Waals surface area contributed by atoms with Gasteiger partial charge in [0.2, 0.25) is 5.91 Å². The van der Waals surface area contributed by atoms with E-state index in [1.807, 2.05) is 0 Å². The highest BCUT2D eigenvalue weighted by molar-refractivity contribution is 5.87. The number of rotatable bonds is 4. The number of nitrogens with one attached hydrogen (secondary N) is 3. The summed E-state index contributed by atoms with van der Waals surface area (Å²) in [5, 5.41) is 11.5. The maximum atomic E-state index is 11.1. The average Bonchev–Trinajstić information content (AvgIpc) is 2.08. The van der Waals surface area contributed by atoms with E-state index in [-0.39, 0.29) is 18.9 Å². The molecule has 92 valence electrons. The van der Waals surface area contributed by atoms with Crippen molar-refractivity contribution in [2.75, 3.05) is 13.1 Å². The Hall–Kier alpha value is -1.79. The fraction of sp³-hybridized carbons (Fsp3) is 0.667. The molecule has 0 spiro atoms. The van der Waals surface area contributed by atoms with Crippen molar-refractivity contribution in [1.82, 2.24) is 10.6 Å². The summed E-state index contributed by atoms with van der Waals surface area (Å²) >= 11 is 0. The molecule has 0 saturated carbocycles. The number of hydrogen-bond acceptors (Lipinski definition) is 4. The van der Waals surface area contributed by atoms with Crippen molar-refractivity contribution < 1.29 is 14.3 Å². The maximum Gasteiger partial charge on any atom is 0.408 e. The van der Waals surface area contributed by atoms with Crippen LogP contribution in [0.1, 0.15) is 20.8 Å². The standard InChI is InChI=1S/C9H18N4O3/c1-9(2,3)16-8(15)13-5-7(14)12-4-6(10)11/h4-5H2,1-3H3,(H3,10,11)(H,12,14)(H,13,15). The van der Waals surface area contributed by atoms with Crippen LogP contribution in [0.5, 0.6) is 0 Å². The predicted octanol–water partition coefficient (Wildman–Crippen LogP) is -0.437. The summed E-state index contributed by atoms with van der Waals surface area (Å²) in [4.78, 5) is 22.2. The third kappa shape index (κ3) is 8.79. The van der Waals surface area contributed by atoms with Crippen LogP contribution < -0.4 is 16.4 Å². The van der Waals surface area contributed by atoms with Gasteiger partial charge >= 0.3 is 6.09 Å². The highest BCUT2D eigenvalue weighted by Crippen LogP contribution is 2.05. The first kappa shape index (κ1) is 14.2. The molecule has 0 aromatic carbocycles. The van der Waals surface area contributed by atoms with E-state index >= 15 is 0 Å². The molecule has 0 aromatic heterocycles. The van der Waals surface area contributed by atoms with E-state index in [0.29, 0.717) is 0 Å². The van der Waals surface area contributed by atoms with Gasteiger partial charge in [0.1, 0.15) is 18.0 Å². The molecule has 7 heteroatoms. The molecule has 0 aliphatic heterocycles. The topological polar surface area (TPSA) is 117 Å². The number of ether oxygens (including phenoxy) is 1. The molecule has 0 heterocycles. The zero-order valence-electron chi connectivity index (χ0n) is 9.72. The Bertz CT molecular complexity index is 283. The summed E-state index contributed by atoms with van der Waals surface area (Å²) in [6.45, 7) is 4.93. The lowest BCUT2D eigenvalue weighted by Gasteiger charge is -2.19. The van der Waals surface area contributed by atoms with E-state index in [1.54, 1.807) is 20.8 Å². The van der Waals surface area contributed by atoms with Crippen molar-refractivity contribution in [3.05, 3.63) is 0 Å². The first-order chi connectivity index (χ1) is 7.20. The normalized spacial score (nSPS) is 10.4. The Morgan fingerprint density at radius 3 is 2.25 bits per heavy atom. The fourth-order valence-corrected chi connectivity index (χ4v) is 0.723. The second kappa shape index (κ2) is 5.94. The van der Waals surface area contributed by atoms with Gasteiger partial charge < -0.3 is 21.1 Å². The van der Waals surface area contributed by atoms with Gasteiger partial charge in [0.25, 0.3) is 0 Å². The summed E-state index contributed by atoms with van der Waals surface area (Å²) in [7, 11) is 0. The molecule has 0 fully saturated rings. The lowest BCUT2D eigenvalue weighted by Crippen LogP contribution is -2.41. The SMILES string of the molecule is CC(C)(C)OC(=O)NCC(=O)NCC(=N)N. The molecule has 2 amide bonds. The largest absolute Gasteiger partial charge is 0.444 e. The Labute approximate surface area is 94.2 Å². The number of hydrogen-bond donors (Lipinski definition) is 4.